The second-order valence-electron chi connectivity index (χ2n) is 6.95. The van der Waals surface area contributed by atoms with Crippen LogP contribution in [0.2, 0.25) is 0 Å². The van der Waals surface area contributed by atoms with Crippen LogP contribution in [0.4, 0.5) is 0 Å². The lowest BCUT2D eigenvalue weighted by atomic mass is 9.87. The van der Waals surface area contributed by atoms with E-state index >= 15 is 0 Å². The fourth-order valence-corrected chi connectivity index (χ4v) is 2.79. The lowest BCUT2D eigenvalue weighted by Gasteiger charge is -2.20. The van der Waals surface area contributed by atoms with Crippen molar-refractivity contribution >= 4 is 21.8 Å². The van der Waals surface area contributed by atoms with E-state index in [1.54, 1.807) is 0 Å². The number of carbonyl (C=O) groups is 1. The summed E-state index contributed by atoms with van der Waals surface area (Å²) in [5.74, 6) is 0.539. The number of hydrogen-bond donors (Lipinski definition) is 1. The molecule has 0 aliphatic heterocycles. The highest BCUT2D eigenvalue weighted by molar-refractivity contribution is 9.10. The summed E-state index contributed by atoms with van der Waals surface area (Å²) in [7, 11) is 0. The van der Waals surface area contributed by atoms with Crippen molar-refractivity contribution in [3.8, 4) is 5.75 Å². The van der Waals surface area contributed by atoms with E-state index in [4.69, 9.17) is 4.74 Å². The molecule has 24 heavy (non-hydrogen) atoms. The van der Waals surface area contributed by atoms with Crippen molar-refractivity contribution in [1.29, 1.82) is 0 Å². The van der Waals surface area contributed by atoms with E-state index in [2.05, 4.69) is 48.1 Å². The van der Waals surface area contributed by atoms with Gasteiger partial charge in [-0.05, 0) is 51.5 Å². The number of rotatable bonds is 5. The van der Waals surface area contributed by atoms with E-state index in [0.29, 0.717) is 12.3 Å². The van der Waals surface area contributed by atoms with Gasteiger partial charge in [-0.2, -0.15) is 0 Å². The molecule has 0 aliphatic rings. The van der Waals surface area contributed by atoms with Crippen molar-refractivity contribution in [1.82, 2.24) is 5.32 Å². The quantitative estimate of drug-likeness (QED) is 0.800. The predicted molar refractivity (Wildman–Crippen MR) is 101 cm³/mol. The van der Waals surface area contributed by atoms with Crippen LogP contribution < -0.4 is 10.1 Å². The molecule has 0 bridgehead atoms. The molecule has 0 fully saturated rings. The number of aryl methyl sites for hydroxylation is 1. The Bertz CT molecular complexity index is 720. The zero-order chi connectivity index (χ0) is 17.7. The van der Waals surface area contributed by atoms with Crippen LogP contribution in [0, 0.1) is 6.92 Å². The highest BCUT2D eigenvalue weighted by atomic mass is 79.9. The summed E-state index contributed by atoms with van der Waals surface area (Å²) < 4.78 is 6.48. The van der Waals surface area contributed by atoms with Crippen LogP contribution in [0.3, 0.4) is 0 Å². The standard InChI is InChI=1S/C20H24BrNO2/c1-14-6-5-7-15(10-14)12-22-19(23)13-24-18-9-8-16(11-17(18)21)20(2,3)4/h5-11H,12-13H2,1-4H3,(H,22,23). The SMILES string of the molecule is Cc1cccc(CNC(=O)COc2ccc(C(C)(C)C)cc2Br)c1. The topological polar surface area (TPSA) is 38.3 Å². The molecular formula is C20H24BrNO2. The molecule has 0 atom stereocenters. The summed E-state index contributed by atoms with van der Waals surface area (Å²) in [5, 5.41) is 2.87. The van der Waals surface area contributed by atoms with Gasteiger partial charge in [0.25, 0.3) is 5.91 Å². The third-order valence-corrected chi connectivity index (χ3v) is 4.35. The lowest BCUT2D eigenvalue weighted by Crippen LogP contribution is -2.28. The molecule has 0 heterocycles. The predicted octanol–water partition coefficient (Wildman–Crippen LogP) is 4.75. The van der Waals surface area contributed by atoms with Crippen LogP contribution in [0.25, 0.3) is 0 Å². The number of hydrogen-bond acceptors (Lipinski definition) is 2. The van der Waals surface area contributed by atoms with Crippen LogP contribution in [0.1, 0.15) is 37.5 Å². The first-order valence-corrected chi connectivity index (χ1v) is 8.80. The van der Waals surface area contributed by atoms with Gasteiger partial charge in [0, 0.05) is 6.54 Å². The maximum Gasteiger partial charge on any atom is 0.258 e. The van der Waals surface area contributed by atoms with Crippen LogP contribution in [-0.4, -0.2) is 12.5 Å². The van der Waals surface area contributed by atoms with Crippen LogP contribution in [0.5, 0.6) is 5.75 Å². The molecule has 0 aliphatic carbocycles. The summed E-state index contributed by atoms with van der Waals surface area (Å²) in [6.45, 7) is 9.02. The molecule has 0 spiro atoms. The number of halogens is 1. The van der Waals surface area contributed by atoms with E-state index in [1.165, 1.54) is 11.1 Å². The molecular weight excluding hydrogens is 366 g/mol. The van der Waals surface area contributed by atoms with Gasteiger partial charge >= 0.3 is 0 Å². The van der Waals surface area contributed by atoms with Crippen molar-refractivity contribution < 1.29 is 9.53 Å². The molecule has 128 valence electrons. The normalized spacial score (nSPS) is 11.2. The zero-order valence-corrected chi connectivity index (χ0v) is 16.2. The molecule has 4 heteroatoms. The fourth-order valence-electron chi connectivity index (χ4n) is 2.30. The molecule has 3 nitrogen and oxygen atoms in total. The Balaban J connectivity index is 1.87. The number of amides is 1. The van der Waals surface area contributed by atoms with Gasteiger partial charge in [0.2, 0.25) is 0 Å². The maximum absolute atomic E-state index is 12.0. The maximum atomic E-state index is 12.0. The van der Waals surface area contributed by atoms with Crippen LogP contribution in [-0.2, 0) is 16.8 Å². The van der Waals surface area contributed by atoms with Gasteiger partial charge in [0.1, 0.15) is 5.75 Å². The first-order valence-electron chi connectivity index (χ1n) is 8.01. The van der Waals surface area contributed by atoms with Gasteiger partial charge in [0.15, 0.2) is 6.61 Å². The average molecular weight is 390 g/mol. The Hall–Kier alpha value is -1.81. The van der Waals surface area contributed by atoms with E-state index in [1.807, 2.05) is 43.3 Å². The van der Waals surface area contributed by atoms with Gasteiger partial charge in [-0.15, -0.1) is 0 Å². The molecule has 1 N–H and O–H groups in total. The molecule has 1 amide bonds. The van der Waals surface area contributed by atoms with Gasteiger partial charge in [-0.25, -0.2) is 0 Å². The molecule has 0 aromatic heterocycles. The van der Waals surface area contributed by atoms with E-state index < -0.39 is 0 Å². The number of carbonyl (C=O) groups excluding carboxylic acids is 1. The second-order valence-corrected chi connectivity index (χ2v) is 7.80. The Morgan fingerprint density at radius 1 is 1.17 bits per heavy atom. The van der Waals surface area contributed by atoms with Crippen molar-refractivity contribution in [3.63, 3.8) is 0 Å². The van der Waals surface area contributed by atoms with Crippen molar-refractivity contribution in [3.05, 3.63) is 63.6 Å². The molecule has 0 unspecified atom stereocenters. The van der Waals surface area contributed by atoms with Crippen LogP contribution >= 0.6 is 15.9 Å². The number of nitrogens with one attached hydrogen (secondary N) is 1. The van der Waals surface area contributed by atoms with Gasteiger partial charge in [-0.1, -0.05) is 56.7 Å². The summed E-state index contributed by atoms with van der Waals surface area (Å²) >= 11 is 3.52. The molecule has 2 aromatic carbocycles. The molecule has 2 rings (SSSR count). The number of ether oxygens (including phenoxy) is 1. The van der Waals surface area contributed by atoms with Gasteiger partial charge < -0.3 is 10.1 Å². The Morgan fingerprint density at radius 2 is 1.92 bits per heavy atom. The van der Waals surface area contributed by atoms with Gasteiger partial charge in [0.05, 0.1) is 4.47 Å². The fraction of sp³-hybridized carbons (Fsp3) is 0.350. The van der Waals surface area contributed by atoms with E-state index in [9.17, 15) is 4.79 Å². The second kappa shape index (κ2) is 7.84. The van der Waals surface area contributed by atoms with E-state index in [-0.39, 0.29) is 17.9 Å². The van der Waals surface area contributed by atoms with Crippen molar-refractivity contribution in [2.45, 2.75) is 39.7 Å². The first kappa shape index (κ1) is 18.5. The molecule has 0 saturated heterocycles. The smallest absolute Gasteiger partial charge is 0.258 e. The third kappa shape index (κ3) is 5.38. The minimum atomic E-state index is -0.136. The number of benzene rings is 2. The molecule has 0 saturated carbocycles. The summed E-state index contributed by atoms with van der Waals surface area (Å²) in [4.78, 5) is 12.0. The Morgan fingerprint density at radius 3 is 2.54 bits per heavy atom. The Labute approximate surface area is 152 Å². The average Bonchev–Trinajstić information content (AvgIpc) is 2.51. The minimum absolute atomic E-state index is 0.000714. The lowest BCUT2D eigenvalue weighted by molar-refractivity contribution is -0.123. The molecule has 2 aromatic rings. The Kier molecular flexibility index (Phi) is 6.05. The summed E-state index contributed by atoms with van der Waals surface area (Å²) in [6.07, 6.45) is 0. The minimum Gasteiger partial charge on any atom is -0.483 e. The summed E-state index contributed by atoms with van der Waals surface area (Å²) in [5.41, 5.74) is 3.55. The van der Waals surface area contributed by atoms with E-state index in [0.717, 1.165) is 10.0 Å². The zero-order valence-electron chi connectivity index (χ0n) is 14.7. The van der Waals surface area contributed by atoms with Crippen molar-refractivity contribution in [2.24, 2.45) is 0 Å². The summed E-state index contributed by atoms with van der Waals surface area (Å²) in [6, 6.07) is 14.1. The van der Waals surface area contributed by atoms with Gasteiger partial charge in [-0.3, -0.25) is 4.79 Å². The van der Waals surface area contributed by atoms with Crippen LogP contribution in [0.15, 0.2) is 46.9 Å². The molecule has 0 radical (unpaired) electrons. The monoisotopic (exact) mass is 389 g/mol. The third-order valence-electron chi connectivity index (χ3n) is 3.73. The highest BCUT2D eigenvalue weighted by Crippen LogP contribution is 2.31. The first-order chi connectivity index (χ1) is 11.3. The van der Waals surface area contributed by atoms with Crippen molar-refractivity contribution in [2.75, 3.05) is 6.61 Å². The highest BCUT2D eigenvalue weighted by Gasteiger charge is 2.15. The largest absolute Gasteiger partial charge is 0.483 e.